The largest absolute Gasteiger partial charge is 0.493 e. The van der Waals surface area contributed by atoms with Crippen LogP contribution in [-0.2, 0) is 12.8 Å². The standard InChI is InChI=1S/C21H22N2O4/c1-23-7-5-11-9-12(24-2)18-17-15(11)21(23)27-19-13(25-3)8-10-4-6-22-20(26-18)14(10)16(17)19/h8-9,20-22H,4-7H2,1-3H3/t20-,21+/m1/s1. The number of likely N-dealkylation sites (N-methyl/N-ethyl adjacent to an activating group) is 1. The summed E-state index contributed by atoms with van der Waals surface area (Å²) in [6, 6.07) is 4.24. The summed E-state index contributed by atoms with van der Waals surface area (Å²) in [5.74, 6) is 3.22. The van der Waals surface area contributed by atoms with Gasteiger partial charge >= 0.3 is 0 Å². The van der Waals surface area contributed by atoms with Gasteiger partial charge in [-0.3, -0.25) is 10.2 Å². The van der Waals surface area contributed by atoms with Gasteiger partial charge in [0.05, 0.1) is 14.2 Å². The Morgan fingerprint density at radius 2 is 1.63 bits per heavy atom. The quantitative estimate of drug-likeness (QED) is 0.882. The van der Waals surface area contributed by atoms with Gasteiger partial charge in [0, 0.05) is 35.3 Å². The molecule has 2 atom stereocenters. The van der Waals surface area contributed by atoms with Gasteiger partial charge in [-0.15, -0.1) is 0 Å². The van der Waals surface area contributed by atoms with E-state index in [1.165, 1.54) is 22.3 Å². The van der Waals surface area contributed by atoms with E-state index in [0.717, 1.165) is 60.1 Å². The molecule has 0 aromatic heterocycles. The maximum atomic E-state index is 6.57. The Labute approximate surface area is 158 Å². The summed E-state index contributed by atoms with van der Waals surface area (Å²) in [7, 11) is 5.53. The molecular formula is C21H22N2O4. The highest BCUT2D eigenvalue weighted by Crippen LogP contribution is 2.61. The Balaban J connectivity index is 1.77. The molecule has 2 aromatic rings. The third-order valence-corrected chi connectivity index (χ3v) is 6.27. The van der Waals surface area contributed by atoms with Crippen molar-refractivity contribution in [2.45, 2.75) is 25.3 Å². The van der Waals surface area contributed by atoms with Crippen LogP contribution >= 0.6 is 0 Å². The first kappa shape index (κ1) is 15.6. The maximum absolute atomic E-state index is 6.57. The number of ether oxygens (including phenoxy) is 4. The molecule has 6 rings (SSSR count). The Kier molecular flexibility index (Phi) is 3.06. The lowest BCUT2D eigenvalue weighted by Gasteiger charge is -2.45. The van der Waals surface area contributed by atoms with Crippen LogP contribution in [0.15, 0.2) is 12.1 Å². The number of rotatable bonds is 2. The minimum absolute atomic E-state index is 0.135. The second kappa shape index (κ2) is 5.30. The van der Waals surface area contributed by atoms with Crippen LogP contribution in [0.1, 0.15) is 34.7 Å². The summed E-state index contributed by atoms with van der Waals surface area (Å²) in [6.45, 7) is 1.81. The second-order valence-electron chi connectivity index (χ2n) is 7.61. The van der Waals surface area contributed by atoms with E-state index >= 15 is 0 Å². The molecule has 0 spiro atoms. The fourth-order valence-corrected chi connectivity index (χ4v) is 5.00. The van der Waals surface area contributed by atoms with E-state index in [0.29, 0.717) is 0 Å². The second-order valence-corrected chi connectivity index (χ2v) is 7.61. The molecule has 0 radical (unpaired) electrons. The van der Waals surface area contributed by atoms with Crippen LogP contribution in [0.2, 0.25) is 0 Å². The van der Waals surface area contributed by atoms with E-state index in [1.54, 1.807) is 14.2 Å². The van der Waals surface area contributed by atoms with Gasteiger partial charge in [0.15, 0.2) is 35.5 Å². The molecule has 4 aliphatic rings. The van der Waals surface area contributed by atoms with Crippen molar-refractivity contribution in [3.63, 3.8) is 0 Å². The van der Waals surface area contributed by atoms with E-state index in [1.807, 2.05) is 0 Å². The van der Waals surface area contributed by atoms with Crippen molar-refractivity contribution in [2.75, 3.05) is 34.4 Å². The van der Waals surface area contributed by atoms with Crippen LogP contribution in [0, 0.1) is 0 Å². The summed E-state index contributed by atoms with van der Waals surface area (Å²) >= 11 is 0. The highest BCUT2D eigenvalue weighted by atomic mass is 16.5. The zero-order valence-electron chi connectivity index (χ0n) is 15.7. The molecule has 0 aliphatic carbocycles. The highest BCUT2D eigenvalue weighted by Gasteiger charge is 2.45. The molecular weight excluding hydrogens is 344 g/mol. The molecule has 140 valence electrons. The van der Waals surface area contributed by atoms with Crippen LogP contribution < -0.4 is 24.3 Å². The van der Waals surface area contributed by atoms with Crippen molar-refractivity contribution in [3.8, 4) is 34.1 Å². The number of nitrogens with one attached hydrogen (secondary N) is 1. The van der Waals surface area contributed by atoms with E-state index < -0.39 is 0 Å². The Morgan fingerprint density at radius 1 is 0.963 bits per heavy atom. The lowest BCUT2D eigenvalue weighted by molar-refractivity contribution is 0.0286. The summed E-state index contributed by atoms with van der Waals surface area (Å²) in [4.78, 5) is 2.25. The summed E-state index contributed by atoms with van der Waals surface area (Å²) in [5, 5.41) is 3.50. The number of benzene rings is 2. The van der Waals surface area contributed by atoms with Crippen molar-refractivity contribution < 1.29 is 18.9 Å². The monoisotopic (exact) mass is 366 g/mol. The first-order valence-electron chi connectivity index (χ1n) is 9.46. The first-order chi connectivity index (χ1) is 13.2. The van der Waals surface area contributed by atoms with E-state index in [4.69, 9.17) is 18.9 Å². The minimum Gasteiger partial charge on any atom is -0.493 e. The van der Waals surface area contributed by atoms with Gasteiger partial charge < -0.3 is 18.9 Å². The van der Waals surface area contributed by atoms with Crippen LogP contribution in [0.5, 0.6) is 23.0 Å². The number of hydrogen-bond donors (Lipinski definition) is 1. The van der Waals surface area contributed by atoms with Gasteiger partial charge in [-0.2, -0.15) is 0 Å². The van der Waals surface area contributed by atoms with Gasteiger partial charge in [0.2, 0.25) is 0 Å². The summed E-state index contributed by atoms with van der Waals surface area (Å²) in [5.41, 5.74) is 7.18. The van der Waals surface area contributed by atoms with Crippen molar-refractivity contribution in [1.29, 1.82) is 0 Å². The molecule has 6 nitrogen and oxygen atoms in total. The van der Waals surface area contributed by atoms with E-state index in [-0.39, 0.29) is 12.5 Å². The molecule has 0 unspecified atom stereocenters. The van der Waals surface area contributed by atoms with E-state index in [9.17, 15) is 0 Å². The molecule has 0 saturated heterocycles. The summed E-state index contributed by atoms with van der Waals surface area (Å²) < 4.78 is 24.5. The van der Waals surface area contributed by atoms with Crippen LogP contribution in [0.4, 0.5) is 0 Å². The fraction of sp³-hybridized carbons (Fsp3) is 0.429. The third-order valence-electron chi connectivity index (χ3n) is 6.27. The van der Waals surface area contributed by atoms with Crippen LogP contribution in [-0.4, -0.2) is 39.3 Å². The average molecular weight is 366 g/mol. The molecule has 27 heavy (non-hydrogen) atoms. The Bertz CT molecular complexity index is 987. The first-order valence-corrected chi connectivity index (χ1v) is 9.46. The molecule has 4 heterocycles. The molecule has 0 saturated carbocycles. The molecule has 0 fully saturated rings. The van der Waals surface area contributed by atoms with Crippen molar-refractivity contribution in [1.82, 2.24) is 10.2 Å². The van der Waals surface area contributed by atoms with Gasteiger partial charge in [0.1, 0.15) is 0 Å². The van der Waals surface area contributed by atoms with Crippen molar-refractivity contribution in [2.24, 2.45) is 0 Å². The Morgan fingerprint density at radius 3 is 2.37 bits per heavy atom. The molecule has 6 heteroatoms. The smallest absolute Gasteiger partial charge is 0.180 e. The highest BCUT2D eigenvalue weighted by molar-refractivity contribution is 5.90. The zero-order valence-corrected chi connectivity index (χ0v) is 15.7. The van der Waals surface area contributed by atoms with Crippen molar-refractivity contribution >= 4 is 0 Å². The normalized spacial score (nSPS) is 23.8. The minimum atomic E-state index is -0.186. The predicted molar refractivity (Wildman–Crippen MR) is 99.8 cm³/mol. The Hall–Kier alpha value is -2.44. The average Bonchev–Trinajstić information content (AvgIpc) is 2.71. The lowest BCUT2D eigenvalue weighted by atomic mass is 9.80. The zero-order chi connectivity index (χ0) is 18.3. The topological polar surface area (TPSA) is 52.2 Å². The van der Waals surface area contributed by atoms with Gasteiger partial charge in [-0.05, 0) is 43.1 Å². The maximum Gasteiger partial charge on any atom is 0.180 e. The van der Waals surface area contributed by atoms with Gasteiger partial charge in [-0.1, -0.05) is 0 Å². The lowest BCUT2D eigenvalue weighted by Crippen LogP contribution is -2.41. The third kappa shape index (κ3) is 1.87. The molecule has 4 aliphatic heterocycles. The molecule has 2 aromatic carbocycles. The van der Waals surface area contributed by atoms with Crippen LogP contribution in [0.25, 0.3) is 11.1 Å². The number of nitrogens with zero attached hydrogens (tertiary/aromatic N) is 1. The fourth-order valence-electron chi connectivity index (χ4n) is 5.00. The van der Waals surface area contributed by atoms with Crippen LogP contribution in [0.3, 0.4) is 0 Å². The number of hydrogen-bond acceptors (Lipinski definition) is 6. The van der Waals surface area contributed by atoms with E-state index in [2.05, 4.69) is 29.4 Å². The van der Waals surface area contributed by atoms with Crippen molar-refractivity contribution in [3.05, 3.63) is 34.4 Å². The van der Waals surface area contributed by atoms with Gasteiger partial charge in [-0.25, -0.2) is 0 Å². The molecule has 0 bridgehead atoms. The molecule has 0 amide bonds. The SMILES string of the molecule is COc1cc2c3c4c1O[C@H]1c5c(cc(OC)c(c5-4)O[C@H]3NCC2)CCN1C. The molecule has 1 N–H and O–H groups in total. The number of methoxy groups -OCH3 is 2. The summed E-state index contributed by atoms with van der Waals surface area (Å²) in [6.07, 6.45) is 1.60. The van der Waals surface area contributed by atoms with Gasteiger partial charge in [0.25, 0.3) is 0 Å². The predicted octanol–water partition coefficient (Wildman–Crippen LogP) is 2.79.